The molecule has 0 bridgehead atoms. The summed E-state index contributed by atoms with van der Waals surface area (Å²) in [5, 5.41) is 0. The summed E-state index contributed by atoms with van der Waals surface area (Å²) in [6.07, 6.45) is -10.3. The summed E-state index contributed by atoms with van der Waals surface area (Å²) in [5.41, 5.74) is 0. The molecule has 0 heterocycles. The van der Waals surface area contributed by atoms with E-state index in [1.807, 2.05) is 0 Å². The molecule has 0 saturated carbocycles. The molecule has 0 amide bonds. The second-order valence-corrected chi connectivity index (χ2v) is 2.35. The van der Waals surface area contributed by atoms with Crippen molar-refractivity contribution in [2.45, 2.75) is 18.3 Å². The second kappa shape index (κ2) is 3.73. The van der Waals surface area contributed by atoms with Gasteiger partial charge in [0.05, 0.1) is 5.88 Å². The minimum Gasteiger partial charge on any atom is -0.291 e. The normalized spacial score (nSPS) is 15.6. The maximum Gasteiger partial charge on any atom is 0.426 e. The van der Waals surface area contributed by atoms with E-state index >= 15 is 0 Å². The van der Waals surface area contributed by atoms with Crippen molar-refractivity contribution >= 4 is 17.4 Å². The zero-order valence-electron chi connectivity index (χ0n) is 5.84. The number of alkyl halides is 7. The lowest BCUT2D eigenvalue weighted by molar-refractivity contribution is -0.238. The van der Waals surface area contributed by atoms with E-state index in [1.165, 1.54) is 0 Å². The zero-order chi connectivity index (χ0) is 10.9. The molecular weight excluding hydrogens is 225 g/mol. The molecular formula is C5H3ClF6O. The molecule has 0 radical (unpaired) electrons. The lowest BCUT2D eigenvalue weighted by Gasteiger charge is -2.20. The molecule has 0 aromatic heterocycles. The Labute approximate surface area is 73.7 Å². The number of carbonyl (C=O) groups excluding carboxylic acids is 1. The lowest BCUT2D eigenvalue weighted by atomic mass is 10.1. The fourth-order valence-electron chi connectivity index (χ4n) is 0.436. The Morgan fingerprint density at radius 2 is 1.62 bits per heavy atom. The maximum absolute atomic E-state index is 12.2. The summed E-state index contributed by atoms with van der Waals surface area (Å²) in [7, 11) is 0. The van der Waals surface area contributed by atoms with Crippen molar-refractivity contribution in [3.05, 3.63) is 0 Å². The van der Waals surface area contributed by atoms with Crippen LogP contribution in [-0.2, 0) is 4.79 Å². The van der Waals surface area contributed by atoms with Crippen LogP contribution in [0.15, 0.2) is 0 Å². The molecule has 1 nitrogen and oxygen atoms in total. The number of Topliss-reactive ketones (excluding diaryl/α,β-unsaturated/α-hetero) is 1. The molecule has 0 aliphatic carbocycles. The molecule has 13 heavy (non-hydrogen) atoms. The zero-order valence-corrected chi connectivity index (χ0v) is 6.59. The van der Waals surface area contributed by atoms with Crippen molar-refractivity contribution in [3.63, 3.8) is 0 Å². The van der Waals surface area contributed by atoms with Gasteiger partial charge in [-0.1, -0.05) is 0 Å². The number of carbonyl (C=O) groups is 1. The minimum absolute atomic E-state index is 1.37. The highest BCUT2D eigenvalue weighted by Gasteiger charge is 2.60. The van der Waals surface area contributed by atoms with Crippen LogP contribution >= 0.6 is 11.6 Å². The van der Waals surface area contributed by atoms with Crippen LogP contribution < -0.4 is 0 Å². The topological polar surface area (TPSA) is 17.1 Å². The molecule has 0 rings (SSSR count). The molecule has 78 valence electrons. The van der Waals surface area contributed by atoms with Gasteiger partial charge in [-0.15, -0.1) is 11.6 Å². The van der Waals surface area contributed by atoms with Gasteiger partial charge in [-0.3, -0.25) is 4.79 Å². The van der Waals surface area contributed by atoms with Crippen molar-refractivity contribution in [2.24, 2.45) is 0 Å². The van der Waals surface area contributed by atoms with Gasteiger partial charge in [0.2, 0.25) is 5.78 Å². The number of rotatable bonds is 3. The largest absolute Gasteiger partial charge is 0.426 e. The third kappa shape index (κ3) is 2.75. The van der Waals surface area contributed by atoms with E-state index in [0.717, 1.165) is 0 Å². The van der Waals surface area contributed by atoms with Crippen molar-refractivity contribution in [1.29, 1.82) is 0 Å². The lowest BCUT2D eigenvalue weighted by Crippen LogP contribution is -2.47. The predicted octanol–water partition coefficient (Wildman–Crippen LogP) is 2.33. The first-order valence-electron chi connectivity index (χ1n) is 2.82. The van der Waals surface area contributed by atoms with E-state index < -0.39 is 29.9 Å². The van der Waals surface area contributed by atoms with Crippen LogP contribution in [0.25, 0.3) is 0 Å². The van der Waals surface area contributed by atoms with Crippen LogP contribution in [0, 0.1) is 0 Å². The Morgan fingerprint density at radius 1 is 1.23 bits per heavy atom. The molecule has 0 fully saturated rings. The highest BCUT2D eigenvalue weighted by molar-refractivity contribution is 6.28. The van der Waals surface area contributed by atoms with Gasteiger partial charge < -0.3 is 0 Å². The van der Waals surface area contributed by atoms with Crippen molar-refractivity contribution < 1.29 is 31.1 Å². The number of halogens is 7. The molecule has 0 aromatic carbocycles. The van der Waals surface area contributed by atoms with Crippen LogP contribution in [0.5, 0.6) is 0 Å². The Morgan fingerprint density at radius 3 is 1.85 bits per heavy atom. The summed E-state index contributed by atoms with van der Waals surface area (Å²) in [4.78, 5) is 10.1. The average Bonchev–Trinajstić information content (AvgIpc) is 1.99. The monoisotopic (exact) mass is 228 g/mol. The third-order valence-corrected chi connectivity index (χ3v) is 1.34. The molecule has 0 aromatic rings. The van der Waals surface area contributed by atoms with E-state index in [1.54, 1.807) is 0 Å². The highest BCUT2D eigenvalue weighted by Crippen LogP contribution is 2.35. The molecule has 8 heteroatoms. The molecule has 0 aliphatic heterocycles. The standard InChI is InChI=1S/C5H3ClF6O/c6-1-2(13)4(8,9)3(7)5(10,11)12/h3H,1H2. The van der Waals surface area contributed by atoms with Gasteiger partial charge in [-0.25, -0.2) is 4.39 Å². The van der Waals surface area contributed by atoms with Crippen LogP contribution in [0.4, 0.5) is 26.3 Å². The Balaban J connectivity index is 4.74. The van der Waals surface area contributed by atoms with E-state index in [2.05, 4.69) is 11.6 Å². The molecule has 0 aliphatic rings. The quantitative estimate of drug-likeness (QED) is 0.535. The summed E-state index contributed by atoms with van der Waals surface area (Å²) in [6, 6.07) is 0. The first-order chi connectivity index (χ1) is 5.64. The Hall–Kier alpha value is -0.460. The van der Waals surface area contributed by atoms with Crippen LogP contribution in [0.1, 0.15) is 0 Å². The molecule has 0 spiro atoms. The Kier molecular flexibility index (Phi) is 3.60. The first-order valence-corrected chi connectivity index (χ1v) is 3.35. The van der Waals surface area contributed by atoms with Gasteiger partial charge in [-0.2, -0.15) is 22.0 Å². The first kappa shape index (κ1) is 12.5. The smallest absolute Gasteiger partial charge is 0.291 e. The summed E-state index contributed by atoms with van der Waals surface area (Å²) < 4.78 is 70.5. The maximum atomic E-state index is 12.2. The summed E-state index contributed by atoms with van der Waals surface area (Å²) >= 11 is 4.57. The molecule has 1 atom stereocenters. The minimum atomic E-state index is -5.77. The van der Waals surface area contributed by atoms with Gasteiger partial charge >= 0.3 is 12.1 Å². The number of ketones is 1. The molecule has 1 unspecified atom stereocenters. The average molecular weight is 229 g/mol. The van der Waals surface area contributed by atoms with Crippen LogP contribution in [0.2, 0.25) is 0 Å². The van der Waals surface area contributed by atoms with E-state index in [-0.39, 0.29) is 0 Å². The molecule has 0 saturated heterocycles. The summed E-state index contributed by atoms with van der Waals surface area (Å²) in [6.45, 7) is 0. The molecule has 0 N–H and O–H groups in total. The third-order valence-electron chi connectivity index (χ3n) is 1.10. The van der Waals surface area contributed by atoms with Gasteiger partial charge in [0, 0.05) is 0 Å². The van der Waals surface area contributed by atoms with Crippen molar-refractivity contribution in [1.82, 2.24) is 0 Å². The highest BCUT2D eigenvalue weighted by atomic mass is 35.5. The van der Waals surface area contributed by atoms with E-state index in [0.29, 0.717) is 0 Å². The number of hydrogen-bond donors (Lipinski definition) is 0. The fourth-order valence-corrected chi connectivity index (χ4v) is 0.614. The SMILES string of the molecule is O=C(CCl)C(F)(F)C(F)C(F)(F)F. The van der Waals surface area contributed by atoms with Crippen LogP contribution in [0.3, 0.4) is 0 Å². The second-order valence-electron chi connectivity index (χ2n) is 2.08. The van der Waals surface area contributed by atoms with E-state index in [9.17, 15) is 31.1 Å². The van der Waals surface area contributed by atoms with Crippen molar-refractivity contribution in [3.8, 4) is 0 Å². The van der Waals surface area contributed by atoms with Crippen LogP contribution in [-0.4, -0.2) is 29.9 Å². The van der Waals surface area contributed by atoms with Gasteiger partial charge in [0.15, 0.2) is 0 Å². The van der Waals surface area contributed by atoms with E-state index in [4.69, 9.17) is 0 Å². The fraction of sp³-hybridized carbons (Fsp3) is 0.800. The predicted molar refractivity (Wildman–Crippen MR) is 31.6 cm³/mol. The Bertz CT molecular complexity index is 200. The summed E-state index contributed by atoms with van der Waals surface area (Å²) in [5.74, 6) is -8.78. The number of hydrogen-bond acceptors (Lipinski definition) is 1. The van der Waals surface area contributed by atoms with Gasteiger partial charge in [-0.05, 0) is 0 Å². The van der Waals surface area contributed by atoms with Gasteiger partial charge in [0.25, 0.3) is 6.17 Å². The van der Waals surface area contributed by atoms with Gasteiger partial charge in [0.1, 0.15) is 0 Å². The van der Waals surface area contributed by atoms with Crippen molar-refractivity contribution in [2.75, 3.05) is 5.88 Å².